The molecule has 0 unspecified atom stereocenters. The maximum absolute atomic E-state index is 11.3. The van der Waals surface area contributed by atoms with E-state index < -0.39 is 9.84 Å². The van der Waals surface area contributed by atoms with E-state index in [0.717, 1.165) is 17.9 Å². The summed E-state index contributed by atoms with van der Waals surface area (Å²) in [4.78, 5) is 0. The highest BCUT2D eigenvalue weighted by atomic mass is 32.2. The van der Waals surface area contributed by atoms with Crippen molar-refractivity contribution in [1.82, 2.24) is 5.32 Å². The summed E-state index contributed by atoms with van der Waals surface area (Å²) in [7, 11) is -2.73. The van der Waals surface area contributed by atoms with Gasteiger partial charge in [-0.1, -0.05) is 0 Å². The topological polar surface area (TPSA) is 46.2 Å². The van der Waals surface area contributed by atoms with Gasteiger partial charge in [-0.05, 0) is 6.42 Å². The van der Waals surface area contributed by atoms with Gasteiger partial charge in [0.2, 0.25) is 0 Å². The average Bonchev–Trinajstić information content (AvgIpc) is 2.41. The van der Waals surface area contributed by atoms with E-state index in [-0.39, 0.29) is 6.04 Å². The van der Waals surface area contributed by atoms with Crippen LogP contribution in [0.1, 0.15) is 6.42 Å². The van der Waals surface area contributed by atoms with Crippen LogP contribution in [0.4, 0.5) is 0 Å². The Kier molecular flexibility index (Phi) is 4.26. The monoisotopic (exact) mass is 267 g/mol. The van der Waals surface area contributed by atoms with Crippen LogP contribution in [0.2, 0.25) is 0 Å². The number of rotatable bonds is 2. The van der Waals surface area contributed by atoms with Gasteiger partial charge in [0, 0.05) is 35.1 Å². The molecule has 3 nitrogen and oxygen atoms in total. The van der Waals surface area contributed by atoms with Crippen LogP contribution < -0.4 is 5.32 Å². The number of hydrogen-bond donors (Lipinski definition) is 1. The van der Waals surface area contributed by atoms with Gasteiger partial charge in [-0.25, -0.2) is 8.42 Å². The van der Waals surface area contributed by atoms with Gasteiger partial charge in [-0.15, -0.1) is 0 Å². The summed E-state index contributed by atoms with van der Waals surface area (Å²) >= 11 is 3.95. The lowest BCUT2D eigenvalue weighted by Crippen LogP contribution is -2.41. The smallest absolute Gasteiger partial charge is 0.151 e. The van der Waals surface area contributed by atoms with Crippen LogP contribution >= 0.6 is 23.5 Å². The lowest BCUT2D eigenvalue weighted by Gasteiger charge is -2.19. The largest absolute Gasteiger partial charge is 0.309 e. The van der Waals surface area contributed by atoms with E-state index in [1.54, 1.807) is 0 Å². The predicted octanol–water partition coefficient (Wildman–Crippen LogP) is 0.612. The van der Waals surface area contributed by atoms with Crippen LogP contribution in [0.15, 0.2) is 0 Å². The van der Waals surface area contributed by atoms with Crippen molar-refractivity contribution in [2.24, 2.45) is 0 Å². The molecule has 6 heteroatoms. The minimum absolute atomic E-state index is 0.208. The summed E-state index contributed by atoms with van der Waals surface area (Å²) in [6.45, 7) is 0. The van der Waals surface area contributed by atoms with Crippen LogP contribution in [0.25, 0.3) is 0 Å². The Morgan fingerprint density at radius 1 is 1.07 bits per heavy atom. The number of sulfone groups is 1. The second-order valence-corrected chi connectivity index (χ2v) is 8.64. The van der Waals surface area contributed by atoms with Crippen LogP contribution in [0, 0.1) is 0 Å². The number of hydrogen-bond acceptors (Lipinski definition) is 5. The summed E-state index contributed by atoms with van der Waals surface area (Å²) in [5, 5.41) is 3.49. The first-order valence-electron chi connectivity index (χ1n) is 5.28. The zero-order chi connectivity index (χ0) is 10.7. The zero-order valence-corrected chi connectivity index (χ0v) is 11.1. The summed E-state index contributed by atoms with van der Waals surface area (Å²) in [5.41, 5.74) is 0. The molecule has 2 rings (SSSR count). The second kappa shape index (κ2) is 5.29. The molecule has 0 aromatic rings. The molecule has 1 N–H and O–H groups in total. The summed E-state index contributed by atoms with van der Waals surface area (Å²) in [6.07, 6.45) is 0.800. The molecule has 15 heavy (non-hydrogen) atoms. The van der Waals surface area contributed by atoms with E-state index in [1.807, 2.05) is 23.5 Å². The van der Waals surface area contributed by atoms with Crippen LogP contribution in [0.3, 0.4) is 0 Å². The van der Waals surface area contributed by atoms with Crippen LogP contribution in [0.5, 0.6) is 0 Å². The maximum Gasteiger partial charge on any atom is 0.151 e. The molecule has 2 aliphatic heterocycles. The molecule has 0 bridgehead atoms. The number of thioether (sulfide) groups is 2. The Morgan fingerprint density at radius 3 is 2.27 bits per heavy atom. The van der Waals surface area contributed by atoms with E-state index >= 15 is 0 Å². The van der Waals surface area contributed by atoms with E-state index in [4.69, 9.17) is 0 Å². The van der Waals surface area contributed by atoms with E-state index in [2.05, 4.69) is 5.32 Å². The van der Waals surface area contributed by atoms with Crippen molar-refractivity contribution in [1.29, 1.82) is 0 Å². The van der Waals surface area contributed by atoms with Crippen LogP contribution in [-0.2, 0) is 9.84 Å². The highest BCUT2D eigenvalue weighted by Crippen LogP contribution is 2.19. The van der Waals surface area contributed by atoms with Gasteiger partial charge in [0.05, 0.1) is 11.5 Å². The lowest BCUT2D eigenvalue weighted by molar-refractivity contribution is 0.505. The third kappa shape index (κ3) is 3.84. The summed E-state index contributed by atoms with van der Waals surface area (Å²) in [5.74, 6) is 5.43. The predicted molar refractivity (Wildman–Crippen MR) is 68.6 cm³/mol. The van der Waals surface area contributed by atoms with Crippen molar-refractivity contribution in [2.45, 2.75) is 18.5 Å². The Morgan fingerprint density at radius 2 is 1.73 bits per heavy atom. The van der Waals surface area contributed by atoms with Gasteiger partial charge in [0.15, 0.2) is 9.84 Å². The molecule has 0 radical (unpaired) electrons. The van der Waals surface area contributed by atoms with Gasteiger partial charge in [-0.2, -0.15) is 23.5 Å². The summed E-state index contributed by atoms with van der Waals surface area (Å²) < 4.78 is 22.6. The Hall–Kier alpha value is 0.610. The lowest BCUT2D eigenvalue weighted by atomic mass is 10.2. The Balaban J connectivity index is 1.81. The van der Waals surface area contributed by atoms with Gasteiger partial charge >= 0.3 is 0 Å². The van der Waals surface area contributed by atoms with Gasteiger partial charge in [0.1, 0.15) is 0 Å². The molecule has 1 atom stereocenters. The first-order chi connectivity index (χ1) is 7.16. The fourth-order valence-electron chi connectivity index (χ4n) is 1.97. The average molecular weight is 267 g/mol. The molecule has 0 aromatic heterocycles. The molecule has 2 fully saturated rings. The Labute approximate surface area is 100 Å². The van der Waals surface area contributed by atoms with Crippen molar-refractivity contribution in [2.75, 3.05) is 34.5 Å². The first kappa shape index (κ1) is 12.1. The zero-order valence-electron chi connectivity index (χ0n) is 8.65. The third-order valence-electron chi connectivity index (χ3n) is 2.71. The van der Waals surface area contributed by atoms with Crippen LogP contribution in [-0.4, -0.2) is 55.0 Å². The second-order valence-electron chi connectivity index (χ2n) is 4.11. The highest BCUT2D eigenvalue weighted by Gasteiger charge is 2.29. The molecular formula is C9H17NO2S3. The fourth-order valence-corrected chi connectivity index (χ4v) is 6.08. The van der Waals surface area contributed by atoms with Gasteiger partial charge in [-0.3, -0.25) is 0 Å². The minimum atomic E-state index is -2.73. The SMILES string of the molecule is O=S1(=O)CC[C@@H](NC2CSCCSC2)C1. The van der Waals surface area contributed by atoms with Crippen molar-refractivity contribution < 1.29 is 8.42 Å². The van der Waals surface area contributed by atoms with Gasteiger partial charge < -0.3 is 5.32 Å². The van der Waals surface area contributed by atoms with E-state index in [0.29, 0.717) is 17.5 Å². The summed E-state index contributed by atoms with van der Waals surface area (Å²) in [6, 6.07) is 0.708. The molecular weight excluding hydrogens is 250 g/mol. The van der Waals surface area contributed by atoms with Crippen molar-refractivity contribution >= 4 is 33.4 Å². The molecule has 0 aliphatic carbocycles. The number of nitrogens with one attached hydrogen (secondary N) is 1. The molecule has 88 valence electrons. The normalized spacial score (nSPS) is 32.7. The molecule has 2 heterocycles. The standard InChI is InChI=1S/C9H17NO2S3/c11-15(12)4-1-8(7-15)10-9-5-13-2-3-14-6-9/h8-10H,1-7H2/t8-/m1/s1. The fraction of sp³-hybridized carbons (Fsp3) is 1.00. The molecule has 2 saturated heterocycles. The van der Waals surface area contributed by atoms with Crippen molar-refractivity contribution in [3.63, 3.8) is 0 Å². The highest BCUT2D eigenvalue weighted by molar-refractivity contribution is 8.03. The molecule has 0 aromatic carbocycles. The maximum atomic E-state index is 11.3. The van der Waals surface area contributed by atoms with Gasteiger partial charge in [0.25, 0.3) is 0 Å². The van der Waals surface area contributed by atoms with Crippen molar-refractivity contribution in [3.8, 4) is 0 Å². The minimum Gasteiger partial charge on any atom is -0.309 e. The molecule has 0 saturated carbocycles. The first-order valence-corrected chi connectivity index (χ1v) is 9.41. The van der Waals surface area contributed by atoms with E-state index in [9.17, 15) is 8.42 Å². The third-order valence-corrected chi connectivity index (χ3v) is 7.00. The van der Waals surface area contributed by atoms with E-state index in [1.165, 1.54) is 11.5 Å². The molecule has 0 amide bonds. The molecule has 2 aliphatic rings. The molecule has 0 spiro atoms. The Bertz CT molecular complexity index is 296. The van der Waals surface area contributed by atoms with Crippen molar-refractivity contribution in [3.05, 3.63) is 0 Å². The quantitative estimate of drug-likeness (QED) is 0.794.